The Morgan fingerprint density at radius 2 is 1.79 bits per heavy atom. The van der Waals surface area contributed by atoms with Crippen molar-refractivity contribution in [3.63, 3.8) is 0 Å². The van der Waals surface area contributed by atoms with Crippen molar-refractivity contribution in [3.8, 4) is 0 Å². The number of ketones is 2. The van der Waals surface area contributed by atoms with Crippen molar-refractivity contribution in [2.45, 2.75) is 72.1 Å². The number of fused-ring (bicyclic) bond motifs is 5. The number of hydrogen-bond donors (Lipinski definition) is 1. The maximum atomic E-state index is 12.2. The summed E-state index contributed by atoms with van der Waals surface area (Å²) in [6.45, 7) is 6.60. The molecule has 0 radical (unpaired) electrons. The molecule has 0 amide bonds. The molecule has 6 atom stereocenters. The molecule has 4 aliphatic rings. The van der Waals surface area contributed by atoms with E-state index in [1.54, 1.807) is 6.92 Å². The zero-order chi connectivity index (χ0) is 17.3. The highest BCUT2D eigenvalue weighted by Crippen LogP contribution is 2.67. The lowest BCUT2D eigenvalue weighted by Gasteiger charge is -2.58. The second kappa shape index (κ2) is 5.46. The number of allylic oxidation sites excluding steroid dienone is 1. The van der Waals surface area contributed by atoms with Gasteiger partial charge in [-0.1, -0.05) is 13.8 Å². The van der Waals surface area contributed by atoms with Crippen molar-refractivity contribution in [1.82, 2.24) is 0 Å². The standard InChI is InChI=1S/C21H30O2S/c1-12(22)14-6-7-15-13-4-5-17-19(24)18(23)9-11-21(17,3)16(13)8-10-20(14,15)2/h13-16,24H,4-11H2,1-3H3/t13-,14+,15-,16-,20+,21+/m0/s1. The summed E-state index contributed by atoms with van der Waals surface area (Å²) in [6.07, 6.45) is 8.63. The first-order chi connectivity index (χ1) is 11.3. The predicted octanol–water partition coefficient (Wildman–Crippen LogP) is 4.98. The van der Waals surface area contributed by atoms with E-state index in [0.29, 0.717) is 24.0 Å². The van der Waals surface area contributed by atoms with Crippen LogP contribution in [0.15, 0.2) is 10.5 Å². The molecule has 0 saturated heterocycles. The fourth-order valence-electron chi connectivity index (χ4n) is 7.35. The third-order valence-corrected chi connectivity index (χ3v) is 9.10. The fraction of sp³-hybridized carbons (Fsp3) is 0.810. The molecule has 0 aromatic rings. The van der Waals surface area contributed by atoms with Crippen LogP contribution >= 0.6 is 12.6 Å². The Morgan fingerprint density at radius 1 is 1.04 bits per heavy atom. The summed E-state index contributed by atoms with van der Waals surface area (Å²) in [5.41, 5.74) is 1.75. The van der Waals surface area contributed by atoms with Gasteiger partial charge in [-0.05, 0) is 86.0 Å². The van der Waals surface area contributed by atoms with Gasteiger partial charge in [-0.25, -0.2) is 0 Å². The Hall–Kier alpha value is -0.570. The second-order valence-electron chi connectivity index (χ2n) is 9.37. The van der Waals surface area contributed by atoms with E-state index < -0.39 is 0 Å². The number of Topliss-reactive ketones (excluding diaryl/α,β-unsaturated/α-hetero) is 2. The number of thiol groups is 1. The van der Waals surface area contributed by atoms with Gasteiger partial charge in [0.25, 0.3) is 0 Å². The monoisotopic (exact) mass is 346 g/mol. The van der Waals surface area contributed by atoms with Gasteiger partial charge in [0.05, 0.1) is 0 Å². The smallest absolute Gasteiger partial charge is 0.168 e. The number of carbonyl (C=O) groups is 2. The minimum atomic E-state index is 0.170. The van der Waals surface area contributed by atoms with Crippen LogP contribution in [0.3, 0.4) is 0 Å². The molecule has 4 rings (SSSR count). The lowest BCUT2D eigenvalue weighted by molar-refractivity contribution is -0.128. The van der Waals surface area contributed by atoms with Crippen LogP contribution in [0.5, 0.6) is 0 Å². The van der Waals surface area contributed by atoms with E-state index in [2.05, 4.69) is 26.5 Å². The number of rotatable bonds is 1. The van der Waals surface area contributed by atoms with Gasteiger partial charge in [0.2, 0.25) is 0 Å². The van der Waals surface area contributed by atoms with E-state index in [1.807, 2.05) is 0 Å². The highest BCUT2D eigenvalue weighted by atomic mass is 32.1. The molecule has 3 heteroatoms. The van der Waals surface area contributed by atoms with Gasteiger partial charge in [0.15, 0.2) is 5.78 Å². The van der Waals surface area contributed by atoms with Crippen LogP contribution in [0.1, 0.15) is 72.1 Å². The van der Waals surface area contributed by atoms with E-state index in [0.717, 1.165) is 30.1 Å². The first-order valence-electron chi connectivity index (χ1n) is 9.75. The second-order valence-corrected chi connectivity index (χ2v) is 9.82. The van der Waals surface area contributed by atoms with Crippen LogP contribution in [-0.2, 0) is 9.59 Å². The highest BCUT2D eigenvalue weighted by molar-refractivity contribution is 7.85. The first kappa shape index (κ1) is 16.9. The van der Waals surface area contributed by atoms with Gasteiger partial charge < -0.3 is 0 Å². The lowest BCUT2D eigenvalue weighted by atomic mass is 9.46. The third kappa shape index (κ3) is 2.09. The van der Waals surface area contributed by atoms with Crippen LogP contribution in [-0.4, -0.2) is 11.6 Å². The fourth-order valence-corrected chi connectivity index (χ4v) is 7.83. The van der Waals surface area contributed by atoms with E-state index >= 15 is 0 Å². The highest BCUT2D eigenvalue weighted by Gasteiger charge is 2.60. The van der Waals surface area contributed by atoms with Gasteiger partial charge in [-0.2, -0.15) is 0 Å². The van der Waals surface area contributed by atoms with Crippen molar-refractivity contribution >= 4 is 24.2 Å². The van der Waals surface area contributed by atoms with Crippen molar-refractivity contribution in [2.75, 3.05) is 0 Å². The SMILES string of the molecule is CC(=O)[C@H]1CC[C@H]2[C@@H]3CCC4=C(S)C(=O)CC[C@]4(C)[C@H]3CC[C@]12C. The molecule has 3 fully saturated rings. The topological polar surface area (TPSA) is 34.1 Å². The number of hydrogen-bond acceptors (Lipinski definition) is 3. The van der Waals surface area contributed by atoms with Crippen LogP contribution < -0.4 is 0 Å². The van der Waals surface area contributed by atoms with Crippen molar-refractivity contribution in [3.05, 3.63) is 10.5 Å². The van der Waals surface area contributed by atoms with Crippen molar-refractivity contribution in [1.29, 1.82) is 0 Å². The first-order valence-corrected chi connectivity index (χ1v) is 10.2. The summed E-state index contributed by atoms with van der Waals surface area (Å²) < 4.78 is 0. The molecule has 0 aromatic heterocycles. The molecule has 0 N–H and O–H groups in total. The molecule has 3 saturated carbocycles. The van der Waals surface area contributed by atoms with Gasteiger partial charge in [0, 0.05) is 17.2 Å². The van der Waals surface area contributed by atoms with Crippen LogP contribution in [0.25, 0.3) is 0 Å². The van der Waals surface area contributed by atoms with E-state index in [1.165, 1.54) is 31.3 Å². The Kier molecular flexibility index (Phi) is 3.84. The van der Waals surface area contributed by atoms with Crippen LogP contribution in [0.2, 0.25) is 0 Å². The summed E-state index contributed by atoms with van der Waals surface area (Å²) in [5, 5.41) is 0. The molecule has 0 unspecified atom stereocenters. The summed E-state index contributed by atoms with van der Waals surface area (Å²) >= 11 is 4.61. The summed E-state index contributed by atoms with van der Waals surface area (Å²) in [7, 11) is 0. The molecule has 2 nitrogen and oxygen atoms in total. The molecule has 0 aromatic carbocycles. The normalized spacial score (nSPS) is 47.9. The number of carbonyl (C=O) groups excluding carboxylic acids is 2. The maximum absolute atomic E-state index is 12.2. The zero-order valence-electron chi connectivity index (χ0n) is 15.2. The average Bonchev–Trinajstić information content (AvgIpc) is 2.89. The van der Waals surface area contributed by atoms with Gasteiger partial charge in [0.1, 0.15) is 5.78 Å². The van der Waals surface area contributed by atoms with Crippen molar-refractivity contribution < 1.29 is 9.59 Å². The Bertz CT molecular complexity index is 636. The summed E-state index contributed by atoms with van der Waals surface area (Å²) in [5.74, 6) is 3.05. The quantitative estimate of drug-likeness (QED) is 0.679. The zero-order valence-corrected chi connectivity index (χ0v) is 16.1. The van der Waals surface area contributed by atoms with E-state index in [9.17, 15) is 9.59 Å². The Balaban J connectivity index is 1.69. The maximum Gasteiger partial charge on any atom is 0.168 e. The molecule has 0 heterocycles. The van der Waals surface area contributed by atoms with Crippen LogP contribution in [0, 0.1) is 34.5 Å². The largest absolute Gasteiger partial charge is 0.300 e. The van der Waals surface area contributed by atoms with Crippen LogP contribution in [0.4, 0.5) is 0 Å². The van der Waals surface area contributed by atoms with Gasteiger partial charge >= 0.3 is 0 Å². The summed E-state index contributed by atoms with van der Waals surface area (Å²) in [4.78, 5) is 25.1. The molecule has 4 aliphatic carbocycles. The third-order valence-electron chi connectivity index (χ3n) is 8.58. The molecular formula is C21H30O2S. The lowest BCUT2D eigenvalue weighted by Crippen LogP contribution is -2.51. The molecule has 24 heavy (non-hydrogen) atoms. The Labute approximate surface area is 151 Å². The molecule has 0 spiro atoms. The van der Waals surface area contributed by atoms with Gasteiger partial charge in [-0.15, -0.1) is 12.6 Å². The minimum absolute atomic E-state index is 0.170. The van der Waals surface area contributed by atoms with Gasteiger partial charge in [-0.3, -0.25) is 9.59 Å². The molecule has 0 bridgehead atoms. The minimum Gasteiger partial charge on any atom is -0.300 e. The molecule has 0 aliphatic heterocycles. The predicted molar refractivity (Wildman–Crippen MR) is 98.8 cm³/mol. The summed E-state index contributed by atoms with van der Waals surface area (Å²) in [6, 6.07) is 0. The molecule has 132 valence electrons. The Morgan fingerprint density at radius 3 is 2.50 bits per heavy atom. The van der Waals surface area contributed by atoms with E-state index in [4.69, 9.17) is 0 Å². The van der Waals surface area contributed by atoms with Crippen molar-refractivity contribution in [2.24, 2.45) is 34.5 Å². The molecular weight excluding hydrogens is 316 g/mol. The van der Waals surface area contributed by atoms with E-state index in [-0.39, 0.29) is 22.5 Å². The average molecular weight is 347 g/mol.